The molecule has 2 amide bonds. The molecule has 0 spiro atoms. The molecule has 0 aromatic heterocycles. The summed E-state index contributed by atoms with van der Waals surface area (Å²) in [5, 5.41) is 5.30. The summed E-state index contributed by atoms with van der Waals surface area (Å²) in [5.74, 6) is 0. The molecule has 1 aromatic rings. The summed E-state index contributed by atoms with van der Waals surface area (Å²) in [4.78, 5) is 23.9. The van der Waals surface area contributed by atoms with E-state index < -0.39 is 12.2 Å². The van der Waals surface area contributed by atoms with Crippen molar-refractivity contribution in [3.63, 3.8) is 0 Å². The summed E-state index contributed by atoms with van der Waals surface area (Å²) < 4.78 is 15.3. The van der Waals surface area contributed by atoms with Crippen molar-refractivity contribution < 1.29 is 23.8 Å². The van der Waals surface area contributed by atoms with Crippen LogP contribution in [0.15, 0.2) is 30.4 Å². The maximum Gasteiger partial charge on any atom is 0.411 e. The first-order chi connectivity index (χ1) is 12.2. The van der Waals surface area contributed by atoms with E-state index in [2.05, 4.69) is 17.2 Å². The minimum Gasteiger partial charge on any atom is -0.446 e. The third-order valence-electron chi connectivity index (χ3n) is 3.37. The van der Waals surface area contributed by atoms with Crippen molar-refractivity contribution in [2.24, 2.45) is 0 Å². The Kier molecular flexibility index (Phi) is 8.64. The van der Waals surface area contributed by atoms with Crippen molar-refractivity contribution in [1.82, 2.24) is 0 Å². The van der Waals surface area contributed by atoms with Gasteiger partial charge in [-0.05, 0) is 45.4 Å². The van der Waals surface area contributed by atoms with Crippen LogP contribution in [-0.4, -0.2) is 38.1 Å². The molecule has 0 radical (unpaired) electrons. The van der Waals surface area contributed by atoms with Crippen LogP contribution in [0.5, 0.6) is 0 Å². The molecule has 2 atom stereocenters. The molecule has 2 unspecified atom stereocenters. The molecule has 0 aliphatic heterocycles. The minimum absolute atomic E-state index is 0.271. The standard InChI is InChI=1S/C19H28N2O5/c1-12(2)9-14(4)25-18(22)20-16-8-7-13(3)17(10-16)21-19(23)26-15(5)11-24-6/h7-8,10,14-15H,1,9,11H2,2-6H3,(H,20,22)(H,21,23). The van der Waals surface area contributed by atoms with Crippen molar-refractivity contribution in [3.05, 3.63) is 35.9 Å². The number of amides is 2. The van der Waals surface area contributed by atoms with Crippen LogP contribution in [0.4, 0.5) is 21.0 Å². The zero-order chi connectivity index (χ0) is 19.7. The third kappa shape index (κ3) is 8.02. The number of anilines is 2. The summed E-state index contributed by atoms with van der Waals surface area (Å²) in [5.41, 5.74) is 2.81. The quantitative estimate of drug-likeness (QED) is 0.664. The highest BCUT2D eigenvalue weighted by Gasteiger charge is 2.13. The van der Waals surface area contributed by atoms with Crippen LogP contribution in [0.2, 0.25) is 0 Å². The Morgan fingerprint density at radius 2 is 1.73 bits per heavy atom. The number of carbonyl (C=O) groups is 2. The smallest absolute Gasteiger partial charge is 0.411 e. The van der Waals surface area contributed by atoms with Crippen LogP contribution in [-0.2, 0) is 14.2 Å². The lowest BCUT2D eigenvalue weighted by molar-refractivity contribution is 0.0564. The van der Waals surface area contributed by atoms with Crippen LogP contribution in [0, 0.1) is 6.92 Å². The molecule has 7 nitrogen and oxygen atoms in total. The number of benzene rings is 1. The number of methoxy groups -OCH3 is 1. The number of ether oxygens (including phenoxy) is 3. The Morgan fingerprint density at radius 1 is 1.12 bits per heavy atom. The average Bonchev–Trinajstić information content (AvgIpc) is 2.49. The zero-order valence-corrected chi connectivity index (χ0v) is 16.0. The molecular formula is C19H28N2O5. The topological polar surface area (TPSA) is 85.9 Å². The number of nitrogens with one attached hydrogen (secondary N) is 2. The average molecular weight is 364 g/mol. The van der Waals surface area contributed by atoms with E-state index >= 15 is 0 Å². The molecule has 0 saturated heterocycles. The van der Waals surface area contributed by atoms with Crippen LogP contribution in [0.25, 0.3) is 0 Å². The van der Waals surface area contributed by atoms with Crippen LogP contribution < -0.4 is 10.6 Å². The van der Waals surface area contributed by atoms with Gasteiger partial charge in [0.15, 0.2) is 0 Å². The van der Waals surface area contributed by atoms with Gasteiger partial charge >= 0.3 is 12.2 Å². The van der Waals surface area contributed by atoms with Gasteiger partial charge < -0.3 is 14.2 Å². The molecule has 0 aliphatic carbocycles. The summed E-state index contributed by atoms with van der Waals surface area (Å²) in [7, 11) is 1.54. The number of carbonyl (C=O) groups excluding carboxylic acids is 2. The van der Waals surface area contributed by atoms with Crippen molar-refractivity contribution in [3.8, 4) is 0 Å². The molecule has 0 bridgehead atoms. The molecule has 144 valence electrons. The molecule has 2 N–H and O–H groups in total. The van der Waals surface area contributed by atoms with Gasteiger partial charge in [-0.2, -0.15) is 0 Å². The van der Waals surface area contributed by atoms with Crippen molar-refractivity contribution in [2.45, 2.75) is 46.3 Å². The van der Waals surface area contributed by atoms with Gasteiger partial charge in [0.1, 0.15) is 12.2 Å². The highest BCUT2D eigenvalue weighted by molar-refractivity contribution is 5.89. The van der Waals surface area contributed by atoms with Gasteiger partial charge in [0.2, 0.25) is 0 Å². The van der Waals surface area contributed by atoms with Gasteiger partial charge in [-0.25, -0.2) is 9.59 Å². The molecule has 0 heterocycles. The fourth-order valence-corrected chi connectivity index (χ4v) is 2.29. The SMILES string of the molecule is C=C(C)CC(C)OC(=O)Nc1ccc(C)c(NC(=O)OC(C)COC)c1. The number of hydrogen-bond donors (Lipinski definition) is 2. The van der Waals surface area contributed by atoms with Crippen molar-refractivity contribution in [1.29, 1.82) is 0 Å². The first-order valence-electron chi connectivity index (χ1n) is 8.40. The molecule has 0 fully saturated rings. The number of aryl methyl sites for hydroxylation is 1. The van der Waals surface area contributed by atoms with Gasteiger partial charge in [0, 0.05) is 24.9 Å². The molecule has 1 rings (SSSR count). The Labute approximate surface area is 154 Å². The molecule has 1 aromatic carbocycles. The van der Waals surface area contributed by atoms with E-state index in [1.807, 2.05) is 13.8 Å². The maximum absolute atomic E-state index is 12.0. The predicted molar refractivity (Wildman–Crippen MR) is 102 cm³/mol. The highest BCUT2D eigenvalue weighted by atomic mass is 16.6. The molecule has 0 aliphatic rings. The fourth-order valence-electron chi connectivity index (χ4n) is 2.29. The summed E-state index contributed by atoms with van der Waals surface area (Å²) >= 11 is 0. The Bertz CT molecular complexity index is 645. The van der Waals surface area contributed by atoms with Crippen LogP contribution in [0.1, 0.15) is 32.8 Å². The van der Waals surface area contributed by atoms with Crippen molar-refractivity contribution in [2.75, 3.05) is 24.4 Å². The second-order valence-corrected chi connectivity index (χ2v) is 6.33. The van der Waals surface area contributed by atoms with E-state index in [9.17, 15) is 9.59 Å². The number of rotatable bonds is 8. The monoisotopic (exact) mass is 364 g/mol. The van der Waals surface area contributed by atoms with Crippen molar-refractivity contribution >= 4 is 23.6 Å². The zero-order valence-electron chi connectivity index (χ0n) is 16.0. The molecule has 26 heavy (non-hydrogen) atoms. The first kappa shape index (κ1) is 21.5. The minimum atomic E-state index is -0.590. The van der Waals surface area contributed by atoms with Crippen LogP contribution >= 0.6 is 0 Å². The summed E-state index contributed by atoms with van der Waals surface area (Å²) in [6.45, 7) is 11.4. The highest BCUT2D eigenvalue weighted by Crippen LogP contribution is 2.21. The fraction of sp³-hybridized carbons (Fsp3) is 0.474. The second-order valence-electron chi connectivity index (χ2n) is 6.33. The molecule has 0 saturated carbocycles. The van der Waals surface area contributed by atoms with E-state index in [1.165, 1.54) is 7.11 Å². The third-order valence-corrected chi connectivity index (χ3v) is 3.37. The van der Waals surface area contributed by atoms with Crippen LogP contribution in [0.3, 0.4) is 0 Å². The van der Waals surface area contributed by atoms with Gasteiger partial charge in [-0.1, -0.05) is 11.6 Å². The lowest BCUT2D eigenvalue weighted by Crippen LogP contribution is -2.24. The van der Waals surface area contributed by atoms with E-state index in [1.54, 1.807) is 32.0 Å². The predicted octanol–water partition coefficient (Wildman–Crippen LogP) is 4.48. The summed E-state index contributed by atoms with van der Waals surface area (Å²) in [6, 6.07) is 5.15. The van der Waals surface area contributed by atoms with Gasteiger partial charge in [-0.15, -0.1) is 6.58 Å². The van der Waals surface area contributed by atoms with E-state index in [4.69, 9.17) is 14.2 Å². The maximum atomic E-state index is 12.0. The van der Waals surface area contributed by atoms with Gasteiger partial charge in [0.25, 0.3) is 0 Å². The Balaban J connectivity index is 2.67. The largest absolute Gasteiger partial charge is 0.446 e. The Morgan fingerprint density at radius 3 is 2.35 bits per heavy atom. The lowest BCUT2D eigenvalue weighted by atomic mass is 10.2. The molecular weight excluding hydrogens is 336 g/mol. The van der Waals surface area contributed by atoms with Gasteiger partial charge in [0.05, 0.1) is 6.61 Å². The van der Waals surface area contributed by atoms with E-state index in [0.29, 0.717) is 24.4 Å². The lowest BCUT2D eigenvalue weighted by Gasteiger charge is -2.16. The first-order valence-corrected chi connectivity index (χ1v) is 8.40. The normalized spacial score (nSPS) is 12.7. The summed E-state index contributed by atoms with van der Waals surface area (Å²) in [6.07, 6.45) is -1.20. The van der Waals surface area contributed by atoms with E-state index in [-0.39, 0.29) is 12.2 Å². The Hall–Kier alpha value is -2.54. The van der Waals surface area contributed by atoms with Gasteiger partial charge in [-0.3, -0.25) is 10.6 Å². The molecule has 7 heteroatoms. The van der Waals surface area contributed by atoms with E-state index in [0.717, 1.165) is 11.1 Å². The second kappa shape index (κ2) is 10.5. The number of hydrogen-bond acceptors (Lipinski definition) is 5.